The lowest BCUT2D eigenvalue weighted by Crippen LogP contribution is -2.49. The van der Waals surface area contributed by atoms with Crippen molar-refractivity contribution in [1.82, 2.24) is 4.90 Å². The topological polar surface area (TPSA) is 55.8 Å². The van der Waals surface area contributed by atoms with E-state index < -0.39 is 14.4 Å². The van der Waals surface area contributed by atoms with Gasteiger partial charge in [0.15, 0.2) is 8.32 Å². The minimum Gasteiger partial charge on any atom is -0.447 e. The summed E-state index contributed by atoms with van der Waals surface area (Å²) in [5.74, 6) is -0.247. The Kier molecular flexibility index (Phi) is 6.61. The number of nitrogens with zero attached hydrogens (tertiary/aromatic N) is 1. The van der Waals surface area contributed by atoms with Crippen LogP contribution in [-0.2, 0) is 14.0 Å². The van der Waals surface area contributed by atoms with E-state index in [1.807, 2.05) is 27.7 Å². The second-order valence-corrected chi connectivity index (χ2v) is 11.7. The number of hydrogen-bond acceptors (Lipinski definition) is 4. The summed E-state index contributed by atoms with van der Waals surface area (Å²) in [7, 11) is -1.75. The van der Waals surface area contributed by atoms with Gasteiger partial charge in [-0.1, -0.05) is 27.7 Å². The number of ether oxygens (including phenoxy) is 1. The average Bonchev–Trinajstić information content (AvgIpc) is 2.78. The Hall–Kier alpha value is -0.883. The van der Waals surface area contributed by atoms with E-state index >= 15 is 0 Å². The fourth-order valence-corrected chi connectivity index (χ4v) is 4.10. The Morgan fingerprint density at radius 3 is 2.32 bits per heavy atom. The molecular weight excluding hydrogens is 298 g/mol. The van der Waals surface area contributed by atoms with Crippen LogP contribution in [0.3, 0.4) is 0 Å². The van der Waals surface area contributed by atoms with Gasteiger partial charge in [-0.15, -0.1) is 0 Å². The molecule has 0 radical (unpaired) electrons. The van der Waals surface area contributed by atoms with Crippen LogP contribution in [0, 0.1) is 11.8 Å². The summed E-state index contributed by atoms with van der Waals surface area (Å²) in [6, 6.07) is -0.168. The fourth-order valence-electron chi connectivity index (χ4n) is 2.86. The smallest absolute Gasteiger partial charge is 0.416 e. The summed E-state index contributed by atoms with van der Waals surface area (Å²) < 4.78 is 11.3. The van der Waals surface area contributed by atoms with Crippen molar-refractivity contribution in [2.75, 3.05) is 6.61 Å². The first kappa shape index (κ1) is 19.2. The molecule has 22 heavy (non-hydrogen) atoms. The van der Waals surface area contributed by atoms with Crippen molar-refractivity contribution >= 4 is 20.3 Å². The molecule has 5 nitrogen and oxygen atoms in total. The molecule has 1 heterocycles. The number of rotatable bonds is 7. The van der Waals surface area contributed by atoms with Gasteiger partial charge in [-0.25, -0.2) is 9.69 Å². The zero-order chi connectivity index (χ0) is 17.1. The summed E-state index contributed by atoms with van der Waals surface area (Å²) in [5, 5.41) is 0. The Balaban J connectivity index is 2.97. The van der Waals surface area contributed by atoms with Gasteiger partial charge in [0.1, 0.15) is 6.61 Å². The standard InChI is InChI=1S/C16H31NO4Si/c1-8-12(14(9-2)21-22(5,6)7)15(18)17-13(11(3)4)10-20-16(17)19/h11-14H,8-10H2,1-7H3/t12-,13?,14-/m1/s1. The first-order chi connectivity index (χ1) is 10.1. The lowest BCUT2D eigenvalue weighted by atomic mass is 9.94. The van der Waals surface area contributed by atoms with Crippen LogP contribution in [0.1, 0.15) is 40.5 Å². The van der Waals surface area contributed by atoms with Crippen LogP contribution in [0.25, 0.3) is 0 Å². The minimum atomic E-state index is -1.75. The maximum absolute atomic E-state index is 12.9. The molecule has 1 saturated heterocycles. The van der Waals surface area contributed by atoms with Crippen LogP contribution in [0.15, 0.2) is 0 Å². The number of hydrogen-bond donors (Lipinski definition) is 0. The normalized spacial score (nSPS) is 21.9. The number of cyclic esters (lactones) is 1. The van der Waals surface area contributed by atoms with Gasteiger partial charge in [-0.2, -0.15) is 0 Å². The largest absolute Gasteiger partial charge is 0.447 e. The molecule has 0 aromatic heterocycles. The van der Waals surface area contributed by atoms with Gasteiger partial charge < -0.3 is 9.16 Å². The second kappa shape index (κ2) is 7.59. The second-order valence-electron chi connectivity index (χ2n) is 7.29. The highest BCUT2D eigenvalue weighted by atomic mass is 28.4. The maximum atomic E-state index is 12.9. The van der Waals surface area contributed by atoms with Crippen LogP contribution in [0.2, 0.25) is 19.6 Å². The van der Waals surface area contributed by atoms with E-state index in [1.165, 1.54) is 4.90 Å². The molecule has 0 spiro atoms. The van der Waals surface area contributed by atoms with E-state index in [9.17, 15) is 9.59 Å². The number of imide groups is 1. The van der Waals surface area contributed by atoms with Crippen molar-refractivity contribution in [2.24, 2.45) is 11.8 Å². The summed E-state index contributed by atoms with van der Waals surface area (Å²) in [4.78, 5) is 26.3. The zero-order valence-corrected chi connectivity index (χ0v) is 16.0. The van der Waals surface area contributed by atoms with E-state index in [-0.39, 0.29) is 29.9 Å². The molecule has 0 aliphatic carbocycles. The highest BCUT2D eigenvalue weighted by Crippen LogP contribution is 2.27. The van der Waals surface area contributed by atoms with Crippen molar-refractivity contribution in [3.8, 4) is 0 Å². The molecule has 6 heteroatoms. The summed E-state index contributed by atoms with van der Waals surface area (Å²) in [6.45, 7) is 14.7. The monoisotopic (exact) mass is 329 g/mol. The summed E-state index contributed by atoms with van der Waals surface area (Å²) in [5.41, 5.74) is 0. The molecule has 0 N–H and O–H groups in total. The molecule has 2 amide bonds. The SMILES string of the molecule is CC[C@@H](O[Si](C)(C)C)[C@@H](CC)C(=O)N1C(=O)OCC1C(C)C. The molecule has 1 fully saturated rings. The lowest BCUT2D eigenvalue weighted by molar-refractivity contribution is -0.137. The van der Waals surface area contributed by atoms with Gasteiger partial charge in [-0.05, 0) is 38.4 Å². The third-order valence-electron chi connectivity index (χ3n) is 4.03. The Morgan fingerprint density at radius 2 is 1.91 bits per heavy atom. The number of carbonyl (C=O) groups excluding carboxylic acids is 2. The minimum absolute atomic E-state index is 0.134. The third kappa shape index (κ3) is 4.55. The molecule has 0 bridgehead atoms. The van der Waals surface area contributed by atoms with E-state index in [2.05, 4.69) is 19.6 Å². The first-order valence-corrected chi connectivity index (χ1v) is 11.7. The van der Waals surface area contributed by atoms with Crippen molar-refractivity contribution in [2.45, 2.75) is 72.3 Å². The Labute approximate surface area is 135 Å². The van der Waals surface area contributed by atoms with Crippen LogP contribution in [0.4, 0.5) is 4.79 Å². The highest BCUT2D eigenvalue weighted by molar-refractivity contribution is 6.69. The zero-order valence-electron chi connectivity index (χ0n) is 15.0. The first-order valence-electron chi connectivity index (χ1n) is 8.30. The quantitative estimate of drug-likeness (QED) is 0.669. The highest BCUT2D eigenvalue weighted by Gasteiger charge is 2.44. The molecule has 1 rings (SSSR count). The van der Waals surface area contributed by atoms with Crippen LogP contribution in [0.5, 0.6) is 0 Å². The number of amides is 2. The Morgan fingerprint density at radius 1 is 1.32 bits per heavy atom. The predicted octanol–water partition coefficient (Wildman–Crippen LogP) is 3.65. The Bertz CT molecular complexity index is 405. The van der Waals surface area contributed by atoms with Gasteiger partial charge in [-0.3, -0.25) is 4.79 Å². The van der Waals surface area contributed by atoms with Gasteiger partial charge in [0.2, 0.25) is 5.91 Å². The van der Waals surface area contributed by atoms with Gasteiger partial charge in [0.25, 0.3) is 0 Å². The molecule has 128 valence electrons. The third-order valence-corrected chi connectivity index (χ3v) is 5.04. The molecular formula is C16H31NO4Si. The summed E-state index contributed by atoms with van der Waals surface area (Å²) in [6.07, 6.45) is 0.788. The molecule has 3 atom stereocenters. The molecule has 1 aliphatic rings. The van der Waals surface area contributed by atoms with Crippen LogP contribution in [-0.4, -0.2) is 44.0 Å². The molecule has 1 unspecified atom stereocenters. The van der Waals surface area contributed by atoms with Gasteiger partial charge in [0, 0.05) is 0 Å². The molecule has 0 aromatic rings. The molecule has 0 saturated carbocycles. The summed E-state index contributed by atoms with van der Waals surface area (Å²) >= 11 is 0. The van der Waals surface area contributed by atoms with Crippen molar-refractivity contribution in [1.29, 1.82) is 0 Å². The molecule has 0 aromatic carbocycles. The van der Waals surface area contributed by atoms with E-state index in [4.69, 9.17) is 9.16 Å². The van der Waals surface area contributed by atoms with Crippen molar-refractivity contribution in [3.05, 3.63) is 0 Å². The van der Waals surface area contributed by atoms with E-state index in [0.29, 0.717) is 13.0 Å². The average molecular weight is 330 g/mol. The lowest BCUT2D eigenvalue weighted by Gasteiger charge is -2.33. The van der Waals surface area contributed by atoms with Gasteiger partial charge >= 0.3 is 6.09 Å². The van der Waals surface area contributed by atoms with Crippen molar-refractivity contribution in [3.63, 3.8) is 0 Å². The van der Waals surface area contributed by atoms with Crippen LogP contribution < -0.4 is 0 Å². The fraction of sp³-hybridized carbons (Fsp3) is 0.875. The van der Waals surface area contributed by atoms with E-state index in [0.717, 1.165) is 6.42 Å². The van der Waals surface area contributed by atoms with Crippen molar-refractivity contribution < 1.29 is 18.8 Å². The maximum Gasteiger partial charge on any atom is 0.416 e. The predicted molar refractivity (Wildman–Crippen MR) is 89.1 cm³/mol. The van der Waals surface area contributed by atoms with Gasteiger partial charge in [0.05, 0.1) is 18.1 Å². The molecule has 1 aliphatic heterocycles. The van der Waals surface area contributed by atoms with Crippen LogP contribution >= 0.6 is 0 Å². The number of carbonyl (C=O) groups is 2. The van der Waals surface area contributed by atoms with E-state index in [1.54, 1.807) is 0 Å².